The number of rotatable bonds is 3. The molecule has 0 unspecified atom stereocenters. The van der Waals surface area contributed by atoms with E-state index >= 15 is 0 Å². The van der Waals surface area contributed by atoms with Crippen LogP contribution in [-0.2, 0) is 0 Å². The van der Waals surface area contributed by atoms with E-state index in [9.17, 15) is 9.59 Å². The summed E-state index contributed by atoms with van der Waals surface area (Å²) in [7, 11) is 0. The summed E-state index contributed by atoms with van der Waals surface area (Å²) in [6, 6.07) is 4.26. The third-order valence-electron chi connectivity index (χ3n) is 3.15. The molecule has 0 radical (unpaired) electrons. The third kappa shape index (κ3) is 3.61. The molecule has 2 amide bonds. The molecule has 1 saturated heterocycles. The van der Waals surface area contributed by atoms with Gasteiger partial charge in [0, 0.05) is 6.04 Å². The molecule has 1 fully saturated rings. The lowest BCUT2D eigenvalue weighted by Gasteiger charge is -2.24. The predicted octanol–water partition coefficient (Wildman–Crippen LogP) is 1.91. The molecule has 2 rings (SSSR count). The van der Waals surface area contributed by atoms with Crippen LogP contribution in [0.3, 0.4) is 0 Å². The maximum Gasteiger partial charge on any atom is 0.339 e. The van der Waals surface area contributed by atoms with Crippen LogP contribution in [0.1, 0.15) is 23.2 Å². The minimum Gasteiger partial charge on any atom is -0.478 e. The van der Waals surface area contributed by atoms with Gasteiger partial charge in [0.25, 0.3) is 0 Å². The van der Waals surface area contributed by atoms with Crippen molar-refractivity contribution in [2.45, 2.75) is 18.9 Å². The van der Waals surface area contributed by atoms with Crippen LogP contribution >= 0.6 is 11.6 Å². The van der Waals surface area contributed by atoms with Crippen molar-refractivity contribution in [3.05, 3.63) is 28.8 Å². The molecule has 0 aromatic heterocycles. The number of urea groups is 1. The van der Waals surface area contributed by atoms with Gasteiger partial charge < -0.3 is 21.1 Å². The van der Waals surface area contributed by atoms with E-state index in [1.807, 2.05) is 0 Å². The molecule has 0 atom stereocenters. The van der Waals surface area contributed by atoms with E-state index in [-0.39, 0.29) is 22.3 Å². The first-order valence-electron chi connectivity index (χ1n) is 6.38. The van der Waals surface area contributed by atoms with Gasteiger partial charge in [-0.25, -0.2) is 9.59 Å². The molecule has 1 aromatic carbocycles. The number of carboxylic acids is 1. The third-order valence-corrected chi connectivity index (χ3v) is 3.47. The van der Waals surface area contributed by atoms with Gasteiger partial charge in [0.2, 0.25) is 0 Å². The van der Waals surface area contributed by atoms with Crippen LogP contribution in [0.2, 0.25) is 5.02 Å². The summed E-state index contributed by atoms with van der Waals surface area (Å²) in [5.41, 5.74) is 0.0889. The van der Waals surface area contributed by atoms with E-state index in [0.29, 0.717) is 0 Å². The zero-order valence-electron chi connectivity index (χ0n) is 10.8. The molecule has 7 heteroatoms. The molecule has 20 heavy (non-hydrogen) atoms. The second-order valence-corrected chi connectivity index (χ2v) is 5.00. The highest BCUT2D eigenvalue weighted by molar-refractivity contribution is 6.34. The first-order chi connectivity index (χ1) is 9.58. The fourth-order valence-corrected chi connectivity index (χ4v) is 2.41. The predicted molar refractivity (Wildman–Crippen MR) is 76.5 cm³/mol. The minimum absolute atomic E-state index is 0.0946. The number of hydrogen-bond acceptors (Lipinski definition) is 3. The number of piperidine rings is 1. The molecule has 0 spiro atoms. The van der Waals surface area contributed by atoms with Gasteiger partial charge in [-0.1, -0.05) is 17.7 Å². The van der Waals surface area contributed by atoms with E-state index in [0.717, 1.165) is 25.9 Å². The van der Waals surface area contributed by atoms with E-state index in [1.54, 1.807) is 6.07 Å². The Labute approximate surface area is 121 Å². The number of benzene rings is 1. The normalized spacial score (nSPS) is 15.7. The lowest BCUT2D eigenvalue weighted by molar-refractivity contribution is 0.0698. The molecule has 0 bridgehead atoms. The van der Waals surface area contributed by atoms with Crippen molar-refractivity contribution in [2.75, 3.05) is 18.4 Å². The summed E-state index contributed by atoms with van der Waals surface area (Å²) < 4.78 is 0. The van der Waals surface area contributed by atoms with Gasteiger partial charge in [0.15, 0.2) is 0 Å². The summed E-state index contributed by atoms with van der Waals surface area (Å²) in [6.45, 7) is 1.73. The Balaban J connectivity index is 2.04. The van der Waals surface area contributed by atoms with Crippen molar-refractivity contribution in [1.29, 1.82) is 0 Å². The number of aromatic carboxylic acids is 1. The van der Waals surface area contributed by atoms with Crippen molar-refractivity contribution in [3.8, 4) is 0 Å². The highest BCUT2D eigenvalue weighted by Gasteiger charge is 2.18. The lowest BCUT2D eigenvalue weighted by Crippen LogP contribution is -2.44. The molecule has 108 valence electrons. The maximum absolute atomic E-state index is 11.9. The standard InChI is InChI=1S/C13H16ClN3O3/c14-9-2-1-3-10(11(9)12(18)19)17-13(20)16-8-4-6-15-7-5-8/h1-3,8,15H,4-7H2,(H,18,19)(H2,16,17,20). The van der Waals surface area contributed by atoms with Gasteiger partial charge in [-0.05, 0) is 38.1 Å². The fraction of sp³-hybridized carbons (Fsp3) is 0.385. The van der Waals surface area contributed by atoms with Crippen LogP contribution in [0, 0.1) is 0 Å². The summed E-state index contributed by atoms with van der Waals surface area (Å²) >= 11 is 5.84. The number of amides is 2. The number of anilines is 1. The second-order valence-electron chi connectivity index (χ2n) is 4.59. The Hall–Kier alpha value is -1.79. The van der Waals surface area contributed by atoms with Gasteiger partial charge in [-0.15, -0.1) is 0 Å². The Kier molecular flexibility index (Phi) is 4.81. The smallest absolute Gasteiger partial charge is 0.339 e. The average Bonchev–Trinajstić information content (AvgIpc) is 2.39. The second kappa shape index (κ2) is 6.58. The van der Waals surface area contributed by atoms with Gasteiger partial charge in [-0.2, -0.15) is 0 Å². The van der Waals surface area contributed by atoms with E-state index < -0.39 is 12.0 Å². The van der Waals surface area contributed by atoms with Crippen molar-refractivity contribution < 1.29 is 14.7 Å². The lowest BCUT2D eigenvalue weighted by atomic mass is 10.1. The number of nitrogens with one attached hydrogen (secondary N) is 3. The minimum atomic E-state index is -1.17. The highest BCUT2D eigenvalue weighted by Crippen LogP contribution is 2.24. The van der Waals surface area contributed by atoms with E-state index in [4.69, 9.17) is 16.7 Å². The van der Waals surface area contributed by atoms with Crippen LogP contribution in [0.4, 0.5) is 10.5 Å². The molecule has 1 aromatic rings. The van der Waals surface area contributed by atoms with Crippen LogP contribution < -0.4 is 16.0 Å². The van der Waals surface area contributed by atoms with Crippen molar-refractivity contribution in [1.82, 2.24) is 10.6 Å². The number of halogens is 1. The van der Waals surface area contributed by atoms with Gasteiger partial charge in [0.05, 0.1) is 10.7 Å². The van der Waals surface area contributed by atoms with Gasteiger partial charge >= 0.3 is 12.0 Å². The number of carbonyl (C=O) groups is 2. The molecule has 1 heterocycles. The van der Waals surface area contributed by atoms with Crippen molar-refractivity contribution in [2.24, 2.45) is 0 Å². The number of hydrogen-bond donors (Lipinski definition) is 4. The van der Waals surface area contributed by atoms with Crippen LogP contribution in [0.15, 0.2) is 18.2 Å². The topological polar surface area (TPSA) is 90.5 Å². The van der Waals surface area contributed by atoms with Gasteiger partial charge in [-0.3, -0.25) is 0 Å². The average molecular weight is 298 g/mol. The Morgan fingerprint density at radius 2 is 2.00 bits per heavy atom. The van der Waals surface area contributed by atoms with E-state index in [2.05, 4.69) is 16.0 Å². The highest BCUT2D eigenvalue weighted by atomic mass is 35.5. The Bertz CT molecular complexity index is 516. The monoisotopic (exact) mass is 297 g/mol. The Morgan fingerprint density at radius 3 is 2.65 bits per heavy atom. The largest absolute Gasteiger partial charge is 0.478 e. The van der Waals surface area contributed by atoms with Crippen LogP contribution in [0.25, 0.3) is 0 Å². The zero-order chi connectivity index (χ0) is 14.5. The summed E-state index contributed by atoms with van der Waals surface area (Å²) in [5.74, 6) is -1.17. The first kappa shape index (κ1) is 14.6. The summed E-state index contributed by atoms with van der Waals surface area (Å²) in [5, 5.41) is 17.8. The molecule has 6 nitrogen and oxygen atoms in total. The zero-order valence-corrected chi connectivity index (χ0v) is 11.5. The molecule has 0 saturated carbocycles. The fourth-order valence-electron chi connectivity index (χ4n) is 2.16. The first-order valence-corrected chi connectivity index (χ1v) is 6.76. The SMILES string of the molecule is O=C(Nc1cccc(Cl)c1C(=O)O)NC1CCNCC1. The quantitative estimate of drug-likeness (QED) is 0.686. The number of carbonyl (C=O) groups excluding carboxylic acids is 1. The molecule has 1 aliphatic rings. The Morgan fingerprint density at radius 1 is 1.30 bits per heavy atom. The molecule has 1 aliphatic heterocycles. The molecular weight excluding hydrogens is 282 g/mol. The molecule has 4 N–H and O–H groups in total. The summed E-state index contributed by atoms with van der Waals surface area (Å²) in [4.78, 5) is 23.0. The van der Waals surface area contributed by atoms with Gasteiger partial charge in [0.1, 0.15) is 5.56 Å². The number of carboxylic acid groups (broad SMARTS) is 1. The van der Waals surface area contributed by atoms with Crippen LogP contribution in [0.5, 0.6) is 0 Å². The summed E-state index contributed by atoms with van der Waals surface area (Å²) in [6.07, 6.45) is 1.71. The van der Waals surface area contributed by atoms with Crippen molar-refractivity contribution in [3.63, 3.8) is 0 Å². The maximum atomic E-state index is 11.9. The van der Waals surface area contributed by atoms with Crippen LogP contribution in [-0.4, -0.2) is 36.2 Å². The molecule has 0 aliphatic carbocycles. The van der Waals surface area contributed by atoms with E-state index in [1.165, 1.54) is 12.1 Å². The molecular formula is C13H16ClN3O3. The van der Waals surface area contributed by atoms with Crippen molar-refractivity contribution >= 4 is 29.3 Å².